The zero-order chi connectivity index (χ0) is 13.8. The van der Waals surface area contributed by atoms with Crippen LogP contribution >= 0.6 is 11.8 Å². The Hall–Kier alpha value is -2.03. The quantitative estimate of drug-likeness (QED) is 0.744. The van der Waals surface area contributed by atoms with Crippen molar-refractivity contribution in [2.45, 2.75) is 12.6 Å². The number of aromatic nitrogens is 2. The van der Waals surface area contributed by atoms with Gasteiger partial charge in [-0.2, -0.15) is 5.10 Å². The number of thioether (sulfide) groups is 1. The second-order valence-corrected chi connectivity index (χ2v) is 4.78. The van der Waals surface area contributed by atoms with Crippen molar-refractivity contribution in [3.8, 4) is 0 Å². The molecule has 2 rings (SSSR count). The molecule has 1 fully saturated rings. The van der Waals surface area contributed by atoms with Crippen LogP contribution in [0.4, 0.5) is 10.5 Å². The molecule has 2 N–H and O–H groups in total. The van der Waals surface area contributed by atoms with Crippen LogP contribution in [0.15, 0.2) is 12.4 Å². The van der Waals surface area contributed by atoms with Crippen molar-refractivity contribution in [3.63, 3.8) is 0 Å². The van der Waals surface area contributed by atoms with E-state index in [0.717, 1.165) is 11.8 Å². The topological polar surface area (TPSA) is 102 Å². The minimum Gasteiger partial charge on any atom is -0.468 e. The summed E-state index contributed by atoms with van der Waals surface area (Å²) in [4.78, 5) is 33.8. The van der Waals surface area contributed by atoms with Crippen LogP contribution in [-0.2, 0) is 20.9 Å². The Balaban J connectivity index is 1.90. The summed E-state index contributed by atoms with van der Waals surface area (Å²) in [5, 5.41) is 8.85. The van der Waals surface area contributed by atoms with E-state index in [0.29, 0.717) is 11.4 Å². The van der Waals surface area contributed by atoms with Gasteiger partial charge in [-0.15, -0.1) is 0 Å². The summed E-state index contributed by atoms with van der Waals surface area (Å²) in [7, 11) is 1.29. The molecule has 19 heavy (non-hydrogen) atoms. The Kier molecular flexibility index (Phi) is 4.05. The van der Waals surface area contributed by atoms with Gasteiger partial charge in [0.15, 0.2) is 0 Å². The maximum Gasteiger partial charge on any atom is 0.327 e. The maximum atomic E-state index is 11.8. The largest absolute Gasteiger partial charge is 0.468 e. The molecule has 2 amide bonds. The first-order valence-electron chi connectivity index (χ1n) is 5.42. The summed E-state index contributed by atoms with van der Waals surface area (Å²) < 4.78 is 5.85. The van der Waals surface area contributed by atoms with E-state index in [1.165, 1.54) is 24.2 Å². The van der Waals surface area contributed by atoms with Gasteiger partial charge in [-0.05, 0) is 0 Å². The van der Waals surface area contributed by atoms with Crippen LogP contribution < -0.4 is 10.6 Å². The van der Waals surface area contributed by atoms with Crippen molar-refractivity contribution in [2.24, 2.45) is 0 Å². The number of amides is 2. The molecule has 9 heteroatoms. The van der Waals surface area contributed by atoms with Crippen LogP contribution in [0.5, 0.6) is 0 Å². The summed E-state index contributed by atoms with van der Waals surface area (Å²) in [5.74, 6) is -0.336. The molecule has 0 aliphatic carbocycles. The second kappa shape index (κ2) is 5.74. The number of esters is 1. The van der Waals surface area contributed by atoms with Gasteiger partial charge < -0.3 is 15.4 Å². The summed E-state index contributed by atoms with van der Waals surface area (Å²) in [6.45, 7) is -0.0254. The normalized spacial score (nSPS) is 17.9. The molecule has 1 unspecified atom stereocenters. The number of nitrogens with one attached hydrogen (secondary N) is 2. The number of carbonyl (C=O) groups excluding carboxylic acids is 3. The first kappa shape index (κ1) is 13.4. The van der Waals surface area contributed by atoms with Crippen LogP contribution in [0.1, 0.15) is 0 Å². The van der Waals surface area contributed by atoms with Gasteiger partial charge in [0, 0.05) is 11.9 Å². The molecule has 0 spiro atoms. The van der Waals surface area contributed by atoms with Crippen LogP contribution in [0.25, 0.3) is 0 Å². The average Bonchev–Trinajstić information content (AvgIpc) is 2.98. The van der Waals surface area contributed by atoms with E-state index in [-0.39, 0.29) is 17.7 Å². The van der Waals surface area contributed by atoms with Gasteiger partial charge in [-0.3, -0.25) is 19.1 Å². The minimum atomic E-state index is -0.540. The Morgan fingerprint density at radius 2 is 2.47 bits per heavy atom. The molecule has 1 aromatic rings. The minimum absolute atomic E-state index is 0.0254. The van der Waals surface area contributed by atoms with Crippen molar-refractivity contribution in [3.05, 3.63) is 12.4 Å². The van der Waals surface area contributed by atoms with Gasteiger partial charge in [0.2, 0.25) is 5.91 Å². The Morgan fingerprint density at radius 3 is 3.11 bits per heavy atom. The Bertz CT molecular complexity index is 515. The fourth-order valence-electron chi connectivity index (χ4n) is 1.47. The zero-order valence-electron chi connectivity index (χ0n) is 10.1. The Morgan fingerprint density at radius 1 is 1.68 bits per heavy atom. The standard InChI is InChI=1S/C10H12N4O4S/c1-18-8(15)4-14-3-6(2-11-14)12-9(16)7-5-19-10(17)13-7/h2-3,7H,4-5H2,1H3,(H,12,16)(H,13,17). The number of nitrogens with zero attached hydrogens (tertiary/aromatic N) is 2. The molecule has 102 valence electrons. The average molecular weight is 284 g/mol. The van der Waals surface area contributed by atoms with Gasteiger partial charge in [-0.25, -0.2) is 0 Å². The zero-order valence-corrected chi connectivity index (χ0v) is 10.9. The van der Waals surface area contributed by atoms with Gasteiger partial charge in [0.05, 0.1) is 19.0 Å². The Labute approximate surface area is 112 Å². The molecule has 1 aliphatic heterocycles. The molecular formula is C10H12N4O4S. The van der Waals surface area contributed by atoms with E-state index >= 15 is 0 Å². The van der Waals surface area contributed by atoms with Gasteiger partial charge >= 0.3 is 5.97 Å². The lowest BCUT2D eigenvalue weighted by Crippen LogP contribution is -2.38. The molecule has 0 radical (unpaired) electrons. The lowest BCUT2D eigenvalue weighted by atomic mass is 10.3. The molecule has 1 atom stereocenters. The van der Waals surface area contributed by atoms with Crippen molar-refractivity contribution in [2.75, 3.05) is 18.2 Å². The third-order valence-electron chi connectivity index (χ3n) is 2.41. The maximum absolute atomic E-state index is 11.8. The molecule has 1 aliphatic rings. The van der Waals surface area contributed by atoms with Crippen molar-refractivity contribution in [1.82, 2.24) is 15.1 Å². The van der Waals surface area contributed by atoms with E-state index in [1.807, 2.05) is 0 Å². The fraction of sp³-hybridized carbons (Fsp3) is 0.400. The molecule has 2 heterocycles. The van der Waals surface area contributed by atoms with E-state index < -0.39 is 12.0 Å². The summed E-state index contributed by atoms with van der Waals surface area (Å²) >= 11 is 1.07. The SMILES string of the molecule is COC(=O)Cn1cc(NC(=O)C2CSC(=O)N2)cn1. The number of hydrogen-bond acceptors (Lipinski definition) is 6. The highest BCUT2D eigenvalue weighted by atomic mass is 32.2. The predicted octanol–water partition coefficient (Wildman–Crippen LogP) is -0.180. The molecule has 0 aromatic carbocycles. The van der Waals surface area contributed by atoms with E-state index in [1.54, 1.807) is 0 Å². The predicted molar refractivity (Wildman–Crippen MR) is 67.7 cm³/mol. The number of anilines is 1. The van der Waals surface area contributed by atoms with Crippen molar-refractivity contribution >= 4 is 34.6 Å². The molecule has 1 aromatic heterocycles. The van der Waals surface area contributed by atoms with Gasteiger partial charge in [0.25, 0.3) is 5.24 Å². The third kappa shape index (κ3) is 3.47. The third-order valence-corrected chi connectivity index (χ3v) is 3.29. The number of rotatable bonds is 4. The van der Waals surface area contributed by atoms with Crippen molar-refractivity contribution < 1.29 is 19.1 Å². The molecular weight excluding hydrogens is 272 g/mol. The highest BCUT2D eigenvalue weighted by Crippen LogP contribution is 2.14. The van der Waals surface area contributed by atoms with E-state index in [2.05, 4.69) is 20.5 Å². The molecule has 8 nitrogen and oxygen atoms in total. The molecule has 0 bridgehead atoms. The van der Waals surface area contributed by atoms with Crippen LogP contribution in [0, 0.1) is 0 Å². The van der Waals surface area contributed by atoms with Crippen LogP contribution in [0.2, 0.25) is 0 Å². The van der Waals surface area contributed by atoms with E-state index in [4.69, 9.17) is 0 Å². The second-order valence-electron chi connectivity index (χ2n) is 3.79. The lowest BCUT2D eigenvalue weighted by molar-refractivity contribution is -0.141. The monoisotopic (exact) mass is 284 g/mol. The number of hydrogen-bond donors (Lipinski definition) is 2. The molecule has 0 saturated carbocycles. The summed E-state index contributed by atoms with van der Waals surface area (Å²) in [6, 6.07) is -0.540. The highest BCUT2D eigenvalue weighted by Gasteiger charge is 2.28. The number of carbonyl (C=O) groups is 3. The van der Waals surface area contributed by atoms with E-state index in [9.17, 15) is 14.4 Å². The lowest BCUT2D eigenvalue weighted by Gasteiger charge is -2.08. The first-order chi connectivity index (χ1) is 9.08. The van der Waals surface area contributed by atoms with Gasteiger partial charge in [0.1, 0.15) is 12.6 Å². The number of methoxy groups -OCH3 is 1. The molecule has 1 saturated heterocycles. The number of ether oxygens (including phenoxy) is 1. The van der Waals surface area contributed by atoms with Gasteiger partial charge in [-0.1, -0.05) is 11.8 Å². The fourth-order valence-corrected chi connectivity index (χ4v) is 2.24. The summed E-state index contributed by atoms with van der Waals surface area (Å²) in [6.07, 6.45) is 2.93. The van der Waals surface area contributed by atoms with Crippen molar-refractivity contribution in [1.29, 1.82) is 0 Å². The van der Waals surface area contributed by atoms with Crippen LogP contribution in [-0.4, -0.2) is 45.8 Å². The first-order valence-corrected chi connectivity index (χ1v) is 6.40. The van der Waals surface area contributed by atoms with Crippen LogP contribution in [0.3, 0.4) is 0 Å². The summed E-state index contributed by atoms with van der Waals surface area (Å²) in [5.41, 5.74) is 0.458. The highest BCUT2D eigenvalue weighted by molar-refractivity contribution is 8.14. The smallest absolute Gasteiger partial charge is 0.327 e.